The minimum Gasteiger partial charge on any atom is -0.494 e. The van der Waals surface area contributed by atoms with Gasteiger partial charge in [0.05, 0.1) is 31.4 Å². The first-order valence-electron chi connectivity index (χ1n) is 13.6. The zero-order valence-corrected chi connectivity index (χ0v) is 25.7. The monoisotopic (exact) mass is 597 g/mol. The molecule has 42 heavy (non-hydrogen) atoms. The number of likely N-dealkylation sites (N-methyl/N-ethyl adjacent to an activating group) is 1. The van der Waals surface area contributed by atoms with Crippen molar-refractivity contribution < 1.29 is 32.2 Å². The van der Waals surface area contributed by atoms with Crippen LogP contribution in [0.5, 0.6) is 17.2 Å². The average Bonchev–Trinajstić information content (AvgIpc) is 3.00. The van der Waals surface area contributed by atoms with Crippen molar-refractivity contribution in [1.82, 2.24) is 10.2 Å². The Morgan fingerprint density at radius 1 is 0.905 bits per heavy atom. The Labute approximate surface area is 248 Å². The predicted molar refractivity (Wildman–Crippen MR) is 162 cm³/mol. The van der Waals surface area contributed by atoms with Gasteiger partial charge in [-0.1, -0.05) is 36.8 Å². The highest BCUT2D eigenvalue weighted by Crippen LogP contribution is 2.33. The molecule has 0 bridgehead atoms. The SMILES string of the molecule is CCOc1ccc(N(CC(=O)N(Cc2ccc(C)cc2)C(CC)C(=O)NC)S(=O)(=O)c2ccc(OC)c(OC)c2)cc1. The van der Waals surface area contributed by atoms with Crippen LogP contribution < -0.4 is 23.8 Å². The van der Waals surface area contributed by atoms with Gasteiger partial charge in [0.15, 0.2) is 11.5 Å². The Kier molecular flexibility index (Phi) is 11.2. The molecule has 3 rings (SSSR count). The number of carbonyl (C=O) groups is 2. The van der Waals surface area contributed by atoms with Crippen molar-refractivity contribution in [2.75, 3.05) is 38.7 Å². The van der Waals surface area contributed by atoms with Gasteiger partial charge < -0.3 is 24.4 Å². The number of amides is 2. The summed E-state index contributed by atoms with van der Waals surface area (Å²) in [6.45, 7) is 5.62. The number of hydrogen-bond acceptors (Lipinski definition) is 7. The lowest BCUT2D eigenvalue weighted by Crippen LogP contribution is -2.51. The van der Waals surface area contributed by atoms with E-state index in [-0.39, 0.29) is 28.8 Å². The van der Waals surface area contributed by atoms with Crippen molar-refractivity contribution in [2.24, 2.45) is 0 Å². The summed E-state index contributed by atoms with van der Waals surface area (Å²) in [4.78, 5) is 28.3. The number of methoxy groups -OCH3 is 2. The molecule has 3 aromatic carbocycles. The Bertz CT molecular complexity index is 1460. The topological polar surface area (TPSA) is 114 Å². The fourth-order valence-corrected chi connectivity index (χ4v) is 5.91. The van der Waals surface area contributed by atoms with E-state index in [0.717, 1.165) is 15.4 Å². The van der Waals surface area contributed by atoms with Gasteiger partial charge in [0.1, 0.15) is 18.3 Å². The van der Waals surface area contributed by atoms with Gasteiger partial charge in [-0.15, -0.1) is 0 Å². The van der Waals surface area contributed by atoms with Crippen LogP contribution in [0.25, 0.3) is 0 Å². The molecule has 2 amide bonds. The van der Waals surface area contributed by atoms with Crippen molar-refractivity contribution in [1.29, 1.82) is 0 Å². The third kappa shape index (κ3) is 7.52. The van der Waals surface area contributed by atoms with Crippen molar-refractivity contribution in [3.05, 3.63) is 77.9 Å². The van der Waals surface area contributed by atoms with Gasteiger partial charge in [0.25, 0.3) is 10.0 Å². The van der Waals surface area contributed by atoms with Crippen LogP contribution in [-0.4, -0.2) is 65.6 Å². The normalized spacial score (nSPS) is 11.8. The molecular formula is C31H39N3O7S. The molecule has 1 unspecified atom stereocenters. The van der Waals surface area contributed by atoms with E-state index in [0.29, 0.717) is 24.5 Å². The average molecular weight is 598 g/mol. The number of nitrogens with zero attached hydrogens (tertiary/aromatic N) is 2. The summed E-state index contributed by atoms with van der Waals surface area (Å²) in [7, 11) is 0.0799. The molecule has 0 aromatic heterocycles. The molecule has 1 N–H and O–H groups in total. The van der Waals surface area contributed by atoms with Crippen LogP contribution in [-0.2, 0) is 26.2 Å². The highest BCUT2D eigenvalue weighted by Gasteiger charge is 2.34. The summed E-state index contributed by atoms with van der Waals surface area (Å²) in [5.41, 5.74) is 2.12. The lowest BCUT2D eigenvalue weighted by molar-refractivity contribution is -0.140. The second-order valence-electron chi connectivity index (χ2n) is 9.50. The second-order valence-corrected chi connectivity index (χ2v) is 11.4. The van der Waals surface area contributed by atoms with Crippen molar-refractivity contribution >= 4 is 27.5 Å². The van der Waals surface area contributed by atoms with Crippen LogP contribution in [0.3, 0.4) is 0 Å². The quantitative estimate of drug-likeness (QED) is 0.297. The summed E-state index contributed by atoms with van der Waals surface area (Å²) < 4.78 is 45.5. The molecule has 1 atom stereocenters. The van der Waals surface area contributed by atoms with Gasteiger partial charge in [-0.25, -0.2) is 8.42 Å². The molecule has 226 valence electrons. The van der Waals surface area contributed by atoms with Crippen LogP contribution in [0, 0.1) is 6.92 Å². The Morgan fingerprint density at radius 2 is 1.55 bits per heavy atom. The molecule has 0 spiro atoms. The molecule has 0 fully saturated rings. The van der Waals surface area contributed by atoms with E-state index in [9.17, 15) is 18.0 Å². The number of nitrogens with one attached hydrogen (secondary N) is 1. The summed E-state index contributed by atoms with van der Waals surface area (Å²) >= 11 is 0. The van der Waals surface area contributed by atoms with Gasteiger partial charge in [-0.2, -0.15) is 0 Å². The molecule has 0 radical (unpaired) electrons. The van der Waals surface area contributed by atoms with E-state index < -0.39 is 28.5 Å². The van der Waals surface area contributed by atoms with Crippen LogP contribution in [0.15, 0.2) is 71.6 Å². The predicted octanol–water partition coefficient (Wildman–Crippen LogP) is 4.16. The van der Waals surface area contributed by atoms with Gasteiger partial charge in [0, 0.05) is 19.7 Å². The molecule has 0 saturated carbocycles. The van der Waals surface area contributed by atoms with Crippen LogP contribution in [0.2, 0.25) is 0 Å². The summed E-state index contributed by atoms with van der Waals surface area (Å²) in [6.07, 6.45) is 0.336. The first kappa shape index (κ1) is 32.3. The van der Waals surface area contributed by atoms with Crippen molar-refractivity contribution in [3.63, 3.8) is 0 Å². The fraction of sp³-hybridized carbons (Fsp3) is 0.355. The standard InChI is InChI=1S/C31H39N3O7S/c1-7-27(31(36)32-4)33(20-23-11-9-22(3)10-12-23)30(35)21-34(24-13-15-25(16-14-24)41-8-2)42(37,38)26-17-18-28(39-5)29(19-26)40-6/h9-19,27H,7-8,20-21H2,1-6H3,(H,32,36). The Morgan fingerprint density at radius 3 is 2.10 bits per heavy atom. The number of benzene rings is 3. The third-order valence-corrected chi connectivity index (χ3v) is 8.53. The van der Waals surface area contributed by atoms with E-state index in [2.05, 4.69) is 5.32 Å². The van der Waals surface area contributed by atoms with E-state index in [1.807, 2.05) is 38.1 Å². The smallest absolute Gasteiger partial charge is 0.264 e. The second kappa shape index (κ2) is 14.6. The van der Waals surface area contributed by atoms with Crippen molar-refractivity contribution in [3.8, 4) is 17.2 Å². The lowest BCUT2D eigenvalue weighted by Gasteiger charge is -2.33. The number of aryl methyl sites for hydroxylation is 1. The van der Waals surface area contributed by atoms with E-state index in [1.54, 1.807) is 31.2 Å². The molecule has 0 heterocycles. The number of anilines is 1. The van der Waals surface area contributed by atoms with Crippen LogP contribution in [0.4, 0.5) is 5.69 Å². The maximum absolute atomic E-state index is 14.1. The summed E-state index contributed by atoms with van der Waals surface area (Å²) in [5.74, 6) is 0.268. The van der Waals surface area contributed by atoms with Crippen molar-refractivity contribution in [2.45, 2.75) is 44.7 Å². The Hall–Kier alpha value is -4.25. The first-order valence-corrected chi connectivity index (χ1v) is 15.1. The molecule has 0 aliphatic rings. The highest BCUT2D eigenvalue weighted by molar-refractivity contribution is 7.92. The number of sulfonamides is 1. The third-order valence-electron chi connectivity index (χ3n) is 6.76. The number of rotatable bonds is 14. The van der Waals surface area contributed by atoms with Gasteiger partial charge in [0.2, 0.25) is 11.8 Å². The molecular weight excluding hydrogens is 558 g/mol. The Balaban J connectivity index is 2.10. The lowest BCUT2D eigenvalue weighted by atomic mass is 10.1. The van der Waals surface area contributed by atoms with E-state index >= 15 is 0 Å². The first-order chi connectivity index (χ1) is 20.1. The van der Waals surface area contributed by atoms with Gasteiger partial charge in [-0.05, 0) is 62.2 Å². The summed E-state index contributed by atoms with van der Waals surface area (Å²) in [5, 5.41) is 2.62. The minimum absolute atomic E-state index is 0.0923. The van der Waals surface area contributed by atoms with E-state index in [1.165, 1.54) is 44.4 Å². The molecule has 0 saturated heterocycles. The summed E-state index contributed by atoms with van der Waals surface area (Å²) in [6, 6.07) is 17.5. The zero-order chi connectivity index (χ0) is 30.9. The van der Waals surface area contributed by atoms with Gasteiger partial charge >= 0.3 is 0 Å². The van der Waals surface area contributed by atoms with Crippen LogP contribution >= 0.6 is 0 Å². The molecule has 3 aromatic rings. The molecule has 0 aliphatic heterocycles. The maximum atomic E-state index is 14.1. The molecule has 0 aliphatic carbocycles. The van der Waals surface area contributed by atoms with Gasteiger partial charge in [-0.3, -0.25) is 13.9 Å². The number of carbonyl (C=O) groups excluding carboxylic acids is 2. The van der Waals surface area contributed by atoms with Crippen LogP contribution in [0.1, 0.15) is 31.4 Å². The molecule has 10 nitrogen and oxygen atoms in total. The number of hydrogen-bond donors (Lipinski definition) is 1. The van der Waals surface area contributed by atoms with E-state index in [4.69, 9.17) is 14.2 Å². The zero-order valence-electron chi connectivity index (χ0n) is 24.9. The largest absolute Gasteiger partial charge is 0.494 e. The fourth-order valence-electron chi connectivity index (χ4n) is 4.48. The molecule has 11 heteroatoms. The number of ether oxygens (including phenoxy) is 3. The minimum atomic E-state index is -4.29. The highest BCUT2D eigenvalue weighted by atomic mass is 32.2. The maximum Gasteiger partial charge on any atom is 0.264 e.